The van der Waals surface area contributed by atoms with Gasteiger partial charge in [0.05, 0.1) is 23.6 Å². The van der Waals surface area contributed by atoms with Gasteiger partial charge in [-0.25, -0.2) is 0 Å². The molecule has 1 aromatic carbocycles. The molecule has 0 spiro atoms. The van der Waals surface area contributed by atoms with Crippen molar-refractivity contribution in [1.29, 1.82) is 0 Å². The number of aliphatic hydroxyl groups excluding tert-OH is 1. The Bertz CT molecular complexity index is 897. The summed E-state index contributed by atoms with van der Waals surface area (Å²) in [6.07, 6.45) is 3.85. The number of carbonyl (C=O) groups excluding carboxylic acids is 2. The van der Waals surface area contributed by atoms with Gasteiger partial charge >= 0.3 is 0 Å². The fraction of sp³-hybridized carbons (Fsp3) is 0.333. The molecule has 0 bridgehead atoms. The highest BCUT2D eigenvalue weighted by atomic mass is 32.1. The highest BCUT2D eigenvalue weighted by molar-refractivity contribution is 7.12. The van der Waals surface area contributed by atoms with Crippen molar-refractivity contribution in [3.05, 3.63) is 63.6 Å². The molecule has 1 aliphatic heterocycles. The van der Waals surface area contributed by atoms with Gasteiger partial charge < -0.3 is 14.7 Å². The first-order valence-corrected chi connectivity index (χ1v) is 9.98. The van der Waals surface area contributed by atoms with Crippen molar-refractivity contribution in [2.24, 2.45) is 0 Å². The molecule has 1 N–H and O–H groups in total. The van der Waals surface area contributed by atoms with Gasteiger partial charge in [-0.2, -0.15) is 0 Å². The second kappa shape index (κ2) is 7.19. The molecule has 1 aromatic heterocycles. The third kappa shape index (κ3) is 2.94. The van der Waals surface area contributed by atoms with Gasteiger partial charge in [0.15, 0.2) is 5.76 Å². The number of ether oxygens (including phenoxy) is 1. The van der Waals surface area contributed by atoms with E-state index in [0.717, 1.165) is 31.2 Å². The molecule has 6 heteroatoms. The smallest absolute Gasteiger partial charge is 0.290 e. The zero-order chi connectivity index (χ0) is 19.0. The van der Waals surface area contributed by atoms with Crippen molar-refractivity contribution in [3.8, 4) is 5.75 Å². The lowest BCUT2D eigenvalue weighted by Gasteiger charge is -2.32. The molecule has 0 saturated heterocycles. The van der Waals surface area contributed by atoms with Gasteiger partial charge in [-0.1, -0.05) is 37.1 Å². The van der Waals surface area contributed by atoms with E-state index < -0.39 is 17.7 Å². The van der Waals surface area contributed by atoms with Crippen LogP contribution in [0, 0.1) is 0 Å². The molecule has 1 aliphatic carbocycles. The summed E-state index contributed by atoms with van der Waals surface area (Å²) in [6, 6.07) is 10.3. The number of benzene rings is 1. The first-order valence-electron chi connectivity index (χ1n) is 9.10. The molecule has 4 rings (SSSR count). The van der Waals surface area contributed by atoms with E-state index in [1.165, 1.54) is 11.3 Å². The van der Waals surface area contributed by atoms with Crippen LogP contribution in [0.3, 0.4) is 0 Å². The fourth-order valence-electron chi connectivity index (χ4n) is 4.15. The van der Waals surface area contributed by atoms with Crippen LogP contribution in [-0.4, -0.2) is 34.8 Å². The van der Waals surface area contributed by atoms with Crippen molar-refractivity contribution in [2.75, 3.05) is 7.11 Å². The summed E-state index contributed by atoms with van der Waals surface area (Å²) in [7, 11) is 1.57. The largest absolute Gasteiger partial charge is 0.503 e. The number of para-hydroxylation sites is 1. The Labute approximate surface area is 161 Å². The van der Waals surface area contributed by atoms with Gasteiger partial charge in [-0.15, -0.1) is 11.3 Å². The lowest BCUT2D eigenvalue weighted by molar-refractivity contribution is -0.131. The van der Waals surface area contributed by atoms with Crippen LogP contribution >= 0.6 is 11.3 Å². The average Bonchev–Trinajstić information content (AvgIpc) is 3.43. The van der Waals surface area contributed by atoms with Gasteiger partial charge in [0.25, 0.3) is 5.91 Å². The molecule has 1 atom stereocenters. The zero-order valence-electron chi connectivity index (χ0n) is 15.1. The maximum Gasteiger partial charge on any atom is 0.290 e. The van der Waals surface area contributed by atoms with Crippen molar-refractivity contribution in [1.82, 2.24) is 4.90 Å². The van der Waals surface area contributed by atoms with Gasteiger partial charge in [-0.05, 0) is 30.4 Å². The predicted molar refractivity (Wildman–Crippen MR) is 103 cm³/mol. The number of Topliss-reactive ketones (excluding diaryl/α,β-unsaturated/α-hetero) is 1. The summed E-state index contributed by atoms with van der Waals surface area (Å²) in [4.78, 5) is 28.4. The summed E-state index contributed by atoms with van der Waals surface area (Å²) >= 11 is 1.31. The van der Waals surface area contributed by atoms with Crippen molar-refractivity contribution >= 4 is 23.0 Å². The van der Waals surface area contributed by atoms with E-state index in [-0.39, 0.29) is 17.4 Å². The monoisotopic (exact) mass is 383 g/mol. The Hall–Kier alpha value is -2.60. The molecule has 1 unspecified atom stereocenters. The molecule has 1 fully saturated rings. The zero-order valence-corrected chi connectivity index (χ0v) is 15.9. The minimum absolute atomic E-state index is 0.0168. The van der Waals surface area contributed by atoms with E-state index in [0.29, 0.717) is 10.6 Å². The van der Waals surface area contributed by atoms with E-state index in [9.17, 15) is 14.7 Å². The maximum absolute atomic E-state index is 13.2. The van der Waals surface area contributed by atoms with Crippen LogP contribution in [0.1, 0.15) is 47.0 Å². The van der Waals surface area contributed by atoms with Crippen molar-refractivity contribution < 1.29 is 19.4 Å². The van der Waals surface area contributed by atoms with Crippen LogP contribution in [0.4, 0.5) is 0 Å². The van der Waals surface area contributed by atoms with E-state index in [1.807, 2.05) is 29.6 Å². The lowest BCUT2D eigenvalue weighted by atomic mass is 9.93. The molecule has 1 amide bonds. The number of rotatable bonds is 5. The number of hydrogen-bond donors (Lipinski definition) is 1. The number of amides is 1. The molecule has 5 nitrogen and oxygen atoms in total. The molecular formula is C21H21NO4S. The van der Waals surface area contributed by atoms with E-state index in [4.69, 9.17) is 4.74 Å². The van der Waals surface area contributed by atoms with Gasteiger partial charge in [0.1, 0.15) is 5.75 Å². The Morgan fingerprint density at radius 2 is 1.93 bits per heavy atom. The Kier molecular flexibility index (Phi) is 4.74. The number of aliphatic hydroxyl groups is 1. The first-order chi connectivity index (χ1) is 13.1. The SMILES string of the molecule is COc1ccccc1C1C(C(=O)c2cccs2)=C(O)C(=O)N1C1CCCC1. The highest BCUT2D eigenvalue weighted by Crippen LogP contribution is 2.45. The van der Waals surface area contributed by atoms with Crippen LogP contribution in [-0.2, 0) is 4.79 Å². The number of ketones is 1. The standard InChI is InChI=1S/C21H21NO4S/c1-26-15-10-5-4-9-14(15)18-17(19(23)16-11-6-12-27-16)20(24)21(25)22(18)13-7-2-3-8-13/h4-6,9-13,18,24H,2-3,7-8H2,1H3. The highest BCUT2D eigenvalue weighted by Gasteiger charge is 2.48. The minimum Gasteiger partial charge on any atom is -0.503 e. The van der Waals surface area contributed by atoms with Crippen molar-refractivity contribution in [3.63, 3.8) is 0 Å². The molecule has 2 aliphatic rings. The van der Waals surface area contributed by atoms with Crippen LogP contribution in [0.2, 0.25) is 0 Å². The van der Waals surface area contributed by atoms with Gasteiger partial charge in [0, 0.05) is 11.6 Å². The third-order valence-corrected chi connectivity index (χ3v) is 6.25. The summed E-state index contributed by atoms with van der Waals surface area (Å²) in [5.74, 6) is -0.592. The Balaban J connectivity index is 1.86. The minimum atomic E-state index is -0.633. The second-order valence-electron chi connectivity index (χ2n) is 6.86. The lowest BCUT2D eigenvalue weighted by Crippen LogP contribution is -2.38. The predicted octanol–water partition coefficient (Wildman–Crippen LogP) is 4.28. The Morgan fingerprint density at radius 1 is 1.19 bits per heavy atom. The maximum atomic E-state index is 13.2. The summed E-state index contributed by atoms with van der Waals surface area (Å²) in [5.41, 5.74) is 0.878. The molecule has 0 radical (unpaired) electrons. The number of hydrogen-bond acceptors (Lipinski definition) is 5. The Morgan fingerprint density at radius 3 is 2.59 bits per heavy atom. The van der Waals surface area contributed by atoms with Crippen LogP contribution in [0.15, 0.2) is 53.1 Å². The van der Waals surface area contributed by atoms with E-state index in [2.05, 4.69) is 0 Å². The number of thiophene rings is 1. The number of carbonyl (C=O) groups is 2. The van der Waals surface area contributed by atoms with E-state index >= 15 is 0 Å². The first kappa shape index (κ1) is 17.8. The number of methoxy groups -OCH3 is 1. The van der Waals surface area contributed by atoms with Gasteiger partial charge in [0.2, 0.25) is 5.78 Å². The van der Waals surface area contributed by atoms with E-state index in [1.54, 1.807) is 24.1 Å². The van der Waals surface area contributed by atoms with Crippen molar-refractivity contribution in [2.45, 2.75) is 37.8 Å². The third-order valence-electron chi connectivity index (χ3n) is 5.39. The molecule has 2 heterocycles. The number of nitrogens with zero attached hydrogens (tertiary/aromatic N) is 1. The van der Waals surface area contributed by atoms with Crippen LogP contribution in [0.5, 0.6) is 5.75 Å². The molecular weight excluding hydrogens is 362 g/mol. The summed E-state index contributed by atoms with van der Waals surface area (Å²) in [6.45, 7) is 0. The fourth-order valence-corrected chi connectivity index (χ4v) is 4.83. The average molecular weight is 383 g/mol. The summed E-state index contributed by atoms with van der Waals surface area (Å²) < 4.78 is 5.51. The summed E-state index contributed by atoms with van der Waals surface area (Å²) in [5, 5.41) is 12.5. The molecule has 140 valence electrons. The molecule has 2 aromatic rings. The van der Waals surface area contributed by atoms with Crippen LogP contribution in [0.25, 0.3) is 0 Å². The topological polar surface area (TPSA) is 66.8 Å². The molecule has 1 saturated carbocycles. The molecule has 27 heavy (non-hydrogen) atoms. The second-order valence-corrected chi connectivity index (χ2v) is 7.81. The van der Waals surface area contributed by atoms with Crippen LogP contribution < -0.4 is 4.74 Å². The normalized spacial score (nSPS) is 20.6. The van der Waals surface area contributed by atoms with Gasteiger partial charge in [-0.3, -0.25) is 9.59 Å². The quantitative estimate of drug-likeness (QED) is 0.783.